The lowest BCUT2D eigenvalue weighted by Crippen LogP contribution is -2.57. The highest BCUT2D eigenvalue weighted by Crippen LogP contribution is 2.73. The van der Waals surface area contributed by atoms with Gasteiger partial charge < -0.3 is 10.3 Å². The molecule has 4 rings (SSSR count). The number of oxime groups is 1. The number of fused-ring (bicyclic) bond motifs is 5. The molecule has 0 aromatic carbocycles. The van der Waals surface area contributed by atoms with Crippen molar-refractivity contribution in [3.8, 4) is 0 Å². The normalized spacial score (nSPS) is 43.5. The van der Waals surface area contributed by atoms with Crippen molar-refractivity contribution in [1.82, 2.24) is 0 Å². The van der Waals surface area contributed by atoms with Gasteiger partial charge in [0.1, 0.15) is 0 Å². The third kappa shape index (κ3) is 3.53. The smallest absolute Gasteiger partial charge is 0.330 e. The third-order valence-electron chi connectivity index (χ3n) is 11.9. The minimum Gasteiger partial charge on any atom is -0.478 e. The first kappa shape index (κ1) is 25.5. The lowest BCUT2D eigenvalue weighted by Gasteiger charge is -2.63. The molecule has 0 unspecified atom stereocenters. The highest BCUT2D eigenvalue weighted by atomic mass is 16.4. The highest BCUT2D eigenvalue weighted by Gasteiger charge is 2.65. The van der Waals surface area contributed by atoms with Crippen LogP contribution < -0.4 is 0 Å². The number of carbonyl (C=O) groups is 1. The van der Waals surface area contributed by atoms with Crippen LogP contribution in [0.2, 0.25) is 0 Å². The first-order valence-electron chi connectivity index (χ1n) is 13.6. The van der Waals surface area contributed by atoms with Crippen molar-refractivity contribution in [2.75, 3.05) is 0 Å². The average Bonchev–Trinajstić information content (AvgIpc) is 3.04. The van der Waals surface area contributed by atoms with E-state index in [9.17, 15) is 10.0 Å². The van der Waals surface area contributed by atoms with E-state index in [-0.39, 0.29) is 16.2 Å². The van der Waals surface area contributed by atoms with Crippen molar-refractivity contribution in [3.05, 3.63) is 23.3 Å². The molecule has 4 aliphatic carbocycles. The van der Waals surface area contributed by atoms with Crippen LogP contribution in [0.5, 0.6) is 0 Å². The van der Waals surface area contributed by atoms with E-state index in [0.717, 1.165) is 37.8 Å². The van der Waals surface area contributed by atoms with E-state index in [0.29, 0.717) is 34.7 Å². The summed E-state index contributed by atoms with van der Waals surface area (Å²) in [4.78, 5) is 11.2. The summed E-state index contributed by atoms with van der Waals surface area (Å²) < 4.78 is 0. The molecule has 0 aliphatic heterocycles. The Bertz CT molecular complexity index is 929. The van der Waals surface area contributed by atoms with Crippen LogP contribution in [-0.2, 0) is 4.79 Å². The van der Waals surface area contributed by atoms with Crippen molar-refractivity contribution in [2.24, 2.45) is 50.5 Å². The van der Waals surface area contributed by atoms with Gasteiger partial charge in [0, 0.05) is 11.0 Å². The summed E-state index contributed by atoms with van der Waals surface area (Å²) in [7, 11) is 0. The van der Waals surface area contributed by atoms with Gasteiger partial charge in [-0.1, -0.05) is 64.4 Å². The van der Waals surface area contributed by atoms with E-state index in [1.165, 1.54) is 25.7 Å². The van der Waals surface area contributed by atoms with Crippen LogP contribution in [-0.4, -0.2) is 22.0 Å². The maximum atomic E-state index is 11.2. The molecule has 0 spiro atoms. The van der Waals surface area contributed by atoms with Crippen molar-refractivity contribution < 1.29 is 15.1 Å². The Morgan fingerprint density at radius 3 is 2.53 bits per heavy atom. The van der Waals surface area contributed by atoms with Gasteiger partial charge in [-0.15, -0.1) is 0 Å². The molecule has 4 heteroatoms. The molecule has 34 heavy (non-hydrogen) atoms. The zero-order valence-corrected chi connectivity index (χ0v) is 22.6. The van der Waals surface area contributed by atoms with E-state index >= 15 is 0 Å². The molecule has 0 aromatic heterocycles. The molecule has 3 saturated carbocycles. The van der Waals surface area contributed by atoms with Gasteiger partial charge in [-0.25, -0.2) is 4.79 Å². The molecule has 0 heterocycles. The second-order valence-corrected chi connectivity index (χ2v) is 13.5. The van der Waals surface area contributed by atoms with Gasteiger partial charge in [0.15, 0.2) is 0 Å². The standard InChI is InChI=1S/C30H47NO3/c1-19(9-8-10-20(2)26(32)33)21-13-17-30(7)23-11-12-24-27(3,4)25(31-34)15-16-28(24,5)22(23)14-18-29(21,30)6/h10-11,19,21-22,24,34H,8-9,12-18H2,1-7H3,(H,32,33)/b20-10-,31-25+/t19-,21+,22+,24-,28+,29-,30+/m0/s1. The molecular weight excluding hydrogens is 422 g/mol. The number of hydrogen-bond donors (Lipinski definition) is 2. The third-order valence-corrected chi connectivity index (χ3v) is 11.9. The molecule has 4 aliphatic rings. The number of rotatable bonds is 5. The average molecular weight is 470 g/mol. The topological polar surface area (TPSA) is 69.9 Å². The fourth-order valence-corrected chi connectivity index (χ4v) is 9.51. The van der Waals surface area contributed by atoms with Gasteiger partial charge >= 0.3 is 5.97 Å². The molecule has 3 fully saturated rings. The van der Waals surface area contributed by atoms with Gasteiger partial charge in [0.2, 0.25) is 0 Å². The number of hydrogen-bond acceptors (Lipinski definition) is 3. The van der Waals surface area contributed by atoms with Gasteiger partial charge in [-0.05, 0) is 105 Å². The Morgan fingerprint density at radius 2 is 1.88 bits per heavy atom. The van der Waals surface area contributed by atoms with Crippen LogP contribution in [0.1, 0.15) is 106 Å². The fraction of sp³-hybridized carbons (Fsp3) is 0.800. The molecule has 2 N–H and O–H groups in total. The summed E-state index contributed by atoms with van der Waals surface area (Å²) in [5.74, 6) is 1.66. The van der Waals surface area contributed by atoms with E-state index in [2.05, 4.69) is 52.8 Å². The molecule has 0 bridgehead atoms. The van der Waals surface area contributed by atoms with Crippen LogP contribution in [0, 0.1) is 45.3 Å². The fourth-order valence-electron chi connectivity index (χ4n) is 9.51. The van der Waals surface area contributed by atoms with E-state index in [4.69, 9.17) is 5.11 Å². The molecule has 4 nitrogen and oxygen atoms in total. The maximum Gasteiger partial charge on any atom is 0.330 e. The number of nitrogens with zero attached hydrogens (tertiary/aromatic N) is 1. The first-order valence-corrected chi connectivity index (χ1v) is 13.6. The summed E-state index contributed by atoms with van der Waals surface area (Å²) in [5.41, 5.74) is 3.98. The molecule has 0 aromatic rings. The molecular formula is C30H47NO3. The largest absolute Gasteiger partial charge is 0.478 e. The summed E-state index contributed by atoms with van der Waals surface area (Å²) in [6.07, 6.45) is 14.7. The lowest BCUT2D eigenvalue weighted by molar-refractivity contribution is -0.132. The Morgan fingerprint density at radius 1 is 1.18 bits per heavy atom. The van der Waals surface area contributed by atoms with Crippen LogP contribution in [0.3, 0.4) is 0 Å². The minimum atomic E-state index is -0.800. The molecule has 0 amide bonds. The van der Waals surface area contributed by atoms with Crippen LogP contribution >= 0.6 is 0 Å². The molecule has 190 valence electrons. The zero-order chi connectivity index (χ0) is 25.1. The first-order chi connectivity index (χ1) is 15.8. The predicted molar refractivity (Wildman–Crippen MR) is 138 cm³/mol. The monoisotopic (exact) mass is 469 g/mol. The summed E-state index contributed by atoms with van der Waals surface area (Å²) in [6.45, 7) is 16.4. The lowest BCUT2D eigenvalue weighted by atomic mass is 9.41. The second kappa shape index (κ2) is 8.52. The number of aliphatic carboxylic acids is 1. The summed E-state index contributed by atoms with van der Waals surface area (Å²) >= 11 is 0. The van der Waals surface area contributed by atoms with Gasteiger partial charge in [-0.2, -0.15) is 0 Å². The predicted octanol–water partition coefficient (Wildman–Crippen LogP) is 7.87. The quantitative estimate of drug-likeness (QED) is 0.186. The Kier molecular flexibility index (Phi) is 6.39. The second-order valence-electron chi connectivity index (χ2n) is 13.5. The molecule has 0 saturated heterocycles. The zero-order valence-electron chi connectivity index (χ0n) is 22.6. The Labute approximate surface area is 207 Å². The minimum absolute atomic E-state index is 0.0558. The highest BCUT2D eigenvalue weighted by molar-refractivity contribution is 5.90. The number of allylic oxidation sites excluding steroid dienone is 3. The van der Waals surface area contributed by atoms with E-state index in [1.54, 1.807) is 12.5 Å². The van der Waals surface area contributed by atoms with Gasteiger partial charge in [-0.3, -0.25) is 0 Å². The van der Waals surface area contributed by atoms with E-state index < -0.39 is 5.97 Å². The van der Waals surface area contributed by atoms with Crippen molar-refractivity contribution in [3.63, 3.8) is 0 Å². The molecule has 0 radical (unpaired) electrons. The molecule has 7 atom stereocenters. The van der Waals surface area contributed by atoms with Crippen molar-refractivity contribution in [1.29, 1.82) is 0 Å². The van der Waals surface area contributed by atoms with Crippen molar-refractivity contribution in [2.45, 2.75) is 106 Å². The van der Waals surface area contributed by atoms with Crippen LogP contribution in [0.25, 0.3) is 0 Å². The van der Waals surface area contributed by atoms with Gasteiger partial charge in [0.25, 0.3) is 0 Å². The van der Waals surface area contributed by atoms with Crippen LogP contribution in [0.4, 0.5) is 0 Å². The van der Waals surface area contributed by atoms with E-state index in [1.807, 2.05) is 6.08 Å². The van der Waals surface area contributed by atoms with Crippen LogP contribution in [0.15, 0.2) is 28.5 Å². The van der Waals surface area contributed by atoms with Gasteiger partial charge in [0.05, 0.1) is 5.71 Å². The Hall–Kier alpha value is -1.58. The summed E-state index contributed by atoms with van der Waals surface area (Å²) in [5, 5.41) is 22.6. The van der Waals surface area contributed by atoms with Crippen molar-refractivity contribution >= 4 is 11.7 Å². The SMILES string of the molecule is C/C(=C/CC[C@H](C)[C@H]1CC[C@]2(C)C3=CC[C@H]4C(C)(C)/C(=N/O)CC[C@]4(C)[C@@H]3CC[C@@]12C)C(=O)O. The maximum absolute atomic E-state index is 11.2. The summed E-state index contributed by atoms with van der Waals surface area (Å²) in [6, 6.07) is 0. The number of carboxylic acid groups (broad SMARTS) is 1. The number of carboxylic acids is 1. The Balaban J connectivity index is 1.59.